The van der Waals surface area contributed by atoms with Crippen LogP contribution >= 0.6 is 23.2 Å². The van der Waals surface area contributed by atoms with Gasteiger partial charge in [0.25, 0.3) is 0 Å². The molecule has 1 heterocycles. The van der Waals surface area contributed by atoms with Crippen LogP contribution in [0.5, 0.6) is 0 Å². The molecule has 0 fully saturated rings. The number of nitrogens with one attached hydrogen (secondary N) is 2. The molecule has 0 saturated heterocycles. The first-order chi connectivity index (χ1) is 8.69. The van der Waals surface area contributed by atoms with Gasteiger partial charge in [0.15, 0.2) is 0 Å². The van der Waals surface area contributed by atoms with Crippen molar-refractivity contribution >= 4 is 23.2 Å². The summed E-state index contributed by atoms with van der Waals surface area (Å²) in [7, 11) is 0. The van der Waals surface area contributed by atoms with Crippen LogP contribution in [0, 0.1) is 0 Å². The van der Waals surface area contributed by atoms with Gasteiger partial charge in [-0.1, -0.05) is 30.1 Å². The van der Waals surface area contributed by atoms with Crippen molar-refractivity contribution in [2.24, 2.45) is 0 Å². The molecule has 96 valence electrons. The first-order valence-corrected chi connectivity index (χ1v) is 6.65. The highest BCUT2D eigenvalue weighted by Gasteiger charge is 2.05. The van der Waals surface area contributed by atoms with Gasteiger partial charge in [0, 0.05) is 34.0 Å². The minimum Gasteiger partial charge on any atom is -0.341 e. The van der Waals surface area contributed by atoms with E-state index in [1.165, 1.54) is 0 Å². The summed E-state index contributed by atoms with van der Waals surface area (Å²) >= 11 is 11.9. The maximum Gasteiger partial charge on any atom is 0.137 e. The summed E-state index contributed by atoms with van der Waals surface area (Å²) in [4.78, 5) is 7.59. The lowest BCUT2D eigenvalue weighted by Gasteiger charge is -2.01. The Morgan fingerprint density at radius 2 is 1.94 bits per heavy atom. The molecule has 18 heavy (non-hydrogen) atoms. The molecule has 0 aliphatic heterocycles. The van der Waals surface area contributed by atoms with E-state index in [1.54, 1.807) is 6.07 Å². The lowest BCUT2D eigenvalue weighted by atomic mass is 10.2. The van der Waals surface area contributed by atoms with Crippen molar-refractivity contribution in [3.63, 3.8) is 0 Å². The van der Waals surface area contributed by atoms with Gasteiger partial charge in [-0.15, -0.1) is 0 Å². The Bertz CT molecular complexity index is 502. The SMILES string of the molecule is CCCNCc1cnc(-c2cc(Cl)cc(Cl)c2)[nH]1. The van der Waals surface area contributed by atoms with Crippen molar-refractivity contribution in [3.05, 3.63) is 40.1 Å². The van der Waals surface area contributed by atoms with Crippen LogP contribution in [0.25, 0.3) is 11.4 Å². The van der Waals surface area contributed by atoms with Crippen LogP contribution in [0.4, 0.5) is 0 Å². The fourth-order valence-corrected chi connectivity index (χ4v) is 2.21. The van der Waals surface area contributed by atoms with Crippen LogP contribution in [0.3, 0.4) is 0 Å². The zero-order chi connectivity index (χ0) is 13.0. The second-order valence-electron chi connectivity index (χ2n) is 4.09. The van der Waals surface area contributed by atoms with E-state index in [2.05, 4.69) is 22.2 Å². The maximum atomic E-state index is 5.97. The molecule has 0 saturated carbocycles. The molecule has 0 spiro atoms. The molecule has 0 radical (unpaired) electrons. The van der Waals surface area contributed by atoms with Crippen molar-refractivity contribution in [2.45, 2.75) is 19.9 Å². The average molecular weight is 284 g/mol. The first-order valence-electron chi connectivity index (χ1n) is 5.90. The highest BCUT2D eigenvalue weighted by molar-refractivity contribution is 6.35. The van der Waals surface area contributed by atoms with E-state index in [0.29, 0.717) is 10.0 Å². The van der Waals surface area contributed by atoms with Crippen LogP contribution in [0.15, 0.2) is 24.4 Å². The van der Waals surface area contributed by atoms with Gasteiger partial charge in [0.1, 0.15) is 5.82 Å². The largest absolute Gasteiger partial charge is 0.341 e. The summed E-state index contributed by atoms with van der Waals surface area (Å²) in [5.41, 5.74) is 1.95. The lowest BCUT2D eigenvalue weighted by Crippen LogP contribution is -2.13. The fraction of sp³-hybridized carbons (Fsp3) is 0.308. The van der Waals surface area contributed by atoms with E-state index in [-0.39, 0.29) is 0 Å². The Hall–Kier alpha value is -1.03. The summed E-state index contributed by atoms with van der Waals surface area (Å²) < 4.78 is 0. The van der Waals surface area contributed by atoms with Crippen LogP contribution in [-0.2, 0) is 6.54 Å². The standard InChI is InChI=1S/C13H15Cl2N3/c1-2-3-16-7-12-8-17-13(18-12)9-4-10(14)6-11(15)5-9/h4-6,8,16H,2-3,7H2,1H3,(H,17,18). The Morgan fingerprint density at radius 3 is 2.61 bits per heavy atom. The van der Waals surface area contributed by atoms with E-state index in [0.717, 1.165) is 36.6 Å². The van der Waals surface area contributed by atoms with E-state index < -0.39 is 0 Å². The summed E-state index contributed by atoms with van der Waals surface area (Å²) in [6, 6.07) is 5.39. The highest BCUT2D eigenvalue weighted by atomic mass is 35.5. The number of aromatic nitrogens is 2. The molecule has 0 amide bonds. The smallest absolute Gasteiger partial charge is 0.137 e. The number of benzene rings is 1. The number of H-pyrrole nitrogens is 1. The summed E-state index contributed by atoms with van der Waals surface area (Å²) in [5, 5.41) is 4.54. The van der Waals surface area contributed by atoms with Gasteiger partial charge in [0.05, 0.1) is 0 Å². The quantitative estimate of drug-likeness (QED) is 0.818. The molecule has 3 nitrogen and oxygen atoms in total. The molecule has 0 atom stereocenters. The number of hydrogen-bond donors (Lipinski definition) is 2. The predicted octanol–water partition coefficient (Wildman–Crippen LogP) is 3.88. The summed E-state index contributed by atoms with van der Waals surface area (Å²) in [6.07, 6.45) is 2.94. The molecule has 2 aromatic rings. The average Bonchev–Trinajstić information content (AvgIpc) is 2.77. The minimum absolute atomic E-state index is 0.611. The lowest BCUT2D eigenvalue weighted by molar-refractivity contribution is 0.667. The van der Waals surface area contributed by atoms with Crippen molar-refractivity contribution in [2.75, 3.05) is 6.54 Å². The van der Waals surface area contributed by atoms with Crippen molar-refractivity contribution in [3.8, 4) is 11.4 Å². The van der Waals surface area contributed by atoms with Gasteiger partial charge in [-0.05, 0) is 31.2 Å². The van der Waals surface area contributed by atoms with Crippen LogP contribution in [-0.4, -0.2) is 16.5 Å². The molecule has 1 aromatic carbocycles. The van der Waals surface area contributed by atoms with Gasteiger partial charge in [0.2, 0.25) is 0 Å². The Balaban J connectivity index is 2.13. The molecule has 2 rings (SSSR count). The number of rotatable bonds is 5. The number of hydrogen-bond acceptors (Lipinski definition) is 2. The van der Waals surface area contributed by atoms with Gasteiger partial charge in [-0.3, -0.25) is 0 Å². The van der Waals surface area contributed by atoms with Crippen molar-refractivity contribution < 1.29 is 0 Å². The molecule has 2 N–H and O–H groups in total. The molecule has 0 aliphatic carbocycles. The van der Waals surface area contributed by atoms with Crippen molar-refractivity contribution in [1.82, 2.24) is 15.3 Å². The molecular formula is C13H15Cl2N3. The van der Waals surface area contributed by atoms with Crippen LogP contribution < -0.4 is 5.32 Å². The molecule has 1 aromatic heterocycles. The third kappa shape index (κ3) is 3.48. The van der Waals surface area contributed by atoms with Gasteiger partial charge in [-0.25, -0.2) is 4.98 Å². The molecule has 0 unspecified atom stereocenters. The first kappa shape index (κ1) is 13.4. The van der Waals surface area contributed by atoms with E-state index >= 15 is 0 Å². The zero-order valence-corrected chi connectivity index (χ0v) is 11.6. The van der Waals surface area contributed by atoms with Crippen molar-refractivity contribution in [1.29, 1.82) is 0 Å². The molecule has 0 aliphatic rings. The van der Waals surface area contributed by atoms with Crippen LogP contribution in [0.2, 0.25) is 10.0 Å². The Kier molecular flexibility index (Phi) is 4.64. The van der Waals surface area contributed by atoms with Gasteiger partial charge in [-0.2, -0.15) is 0 Å². The molecule has 5 heteroatoms. The van der Waals surface area contributed by atoms with E-state index in [4.69, 9.17) is 23.2 Å². The topological polar surface area (TPSA) is 40.7 Å². The minimum atomic E-state index is 0.611. The molecular weight excluding hydrogens is 269 g/mol. The normalized spacial score (nSPS) is 10.8. The summed E-state index contributed by atoms with van der Waals surface area (Å²) in [5.74, 6) is 0.785. The number of imidazole rings is 1. The van der Waals surface area contributed by atoms with Gasteiger partial charge >= 0.3 is 0 Å². The van der Waals surface area contributed by atoms with Gasteiger partial charge < -0.3 is 10.3 Å². The second-order valence-corrected chi connectivity index (χ2v) is 4.96. The van der Waals surface area contributed by atoms with E-state index in [9.17, 15) is 0 Å². The zero-order valence-electron chi connectivity index (χ0n) is 10.1. The second kappa shape index (κ2) is 6.23. The monoisotopic (exact) mass is 283 g/mol. The number of halogens is 2. The summed E-state index contributed by atoms with van der Waals surface area (Å²) in [6.45, 7) is 3.92. The highest BCUT2D eigenvalue weighted by Crippen LogP contribution is 2.25. The molecule has 0 bridgehead atoms. The number of aromatic amines is 1. The third-order valence-electron chi connectivity index (χ3n) is 2.51. The van der Waals surface area contributed by atoms with Crippen LogP contribution in [0.1, 0.15) is 19.0 Å². The predicted molar refractivity (Wildman–Crippen MR) is 76.0 cm³/mol. The fourth-order valence-electron chi connectivity index (χ4n) is 1.69. The third-order valence-corrected chi connectivity index (χ3v) is 2.94. The Morgan fingerprint density at radius 1 is 1.22 bits per heavy atom. The Labute approximate surface area is 117 Å². The maximum absolute atomic E-state index is 5.97. The van der Waals surface area contributed by atoms with E-state index in [1.807, 2.05) is 18.3 Å². The number of nitrogens with zero attached hydrogens (tertiary/aromatic N) is 1.